The van der Waals surface area contributed by atoms with Gasteiger partial charge in [0.2, 0.25) is 5.88 Å². The molecule has 0 saturated carbocycles. The lowest BCUT2D eigenvalue weighted by Gasteiger charge is -2.09. The Balaban J connectivity index is 2.43. The van der Waals surface area contributed by atoms with E-state index in [1.54, 1.807) is 23.9 Å². The number of nitrogens with zero attached hydrogens (tertiary/aromatic N) is 3. The Morgan fingerprint density at radius 1 is 1.40 bits per heavy atom. The highest BCUT2D eigenvalue weighted by molar-refractivity contribution is 5.56. The van der Waals surface area contributed by atoms with Crippen molar-refractivity contribution in [2.45, 2.75) is 26.7 Å². The molecule has 0 saturated heterocycles. The summed E-state index contributed by atoms with van der Waals surface area (Å²) >= 11 is 0. The first kappa shape index (κ1) is 13.9. The molecule has 2 aromatic rings. The Labute approximate surface area is 118 Å². The first-order valence-corrected chi connectivity index (χ1v) is 6.45. The normalized spacial score (nSPS) is 10.6. The zero-order valence-electron chi connectivity index (χ0n) is 12.1. The van der Waals surface area contributed by atoms with E-state index in [2.05, 4.69) is 11.2 Å². The van der Waals surface area contributed by atoms with Gasteiger partial charge in [-0.1, -0.05) is 19.9 Å². The third kappa shape index (κ3) is 2.45. The van der Waals surface area contributed by atoms with Crippen molar-refractivity contribution >= 4 is 5.69 Å². The molecule has 0 unspecified atom stereocenters. The van der Waals surface area contributed by atoms with Crippen molar-refractivity contribution in [2.75, 3.05) is 5.73 Å². The van der Waals surface area contributed by atoms with Crippen LogP contribution in [0.4, 0.5) is 5.69 Å². The Morgan fingerprint density at radius 2 is 2.10 bits per heavy atom. The maximum Gasteiger partial charge on any atom is 0.241 e. The number of anilines is 1. The van der Waals surface area contributed by atoms with Crippen molar-refractivity contribution in [3.8, 4) is 17.7 Å². The van der Waals surface area contributed by atoms with Crippen LogP contribution in [0, 0.1) is 18.3 Å². The van der Waals surface area contributed by atoms with E-state index >= 15 is 0 Å². The van der Waals surface area contributed by atoms with Gasteiger partial charge >= 0.3 is 0 Å². The standard InChI is InChI=1S/C15H18N4O/c1-9(2)14-13(17)15(19(4)18-14)20-12-7-11(8-16)6-5-10(12)3/h5-7,9H,17H2,1-4H3. The second-order valence-electron chi connectivity index (χ2n) is 5.08. The van der Waals surface area contributed by atoms with E-state index in [4.69, 9.17) is 15.7 Å². The molecule has 0 spiro atoms. The van der Waals surface area contributed by atoms with Crippen LogP contribution in [0.1, 0.15) is 36.6 Å². The summed E-state index contributed by atoms with van der Waals surface area (Å²) in [5, 5.41) is 13.3. The number of aryl methyl sites for hydroxylation is 2. The Hall–Kier alpha value is -2.48. The summed E-state index contributed by atoms with van der Waals surface area (Å²) in [6, 6.07) is 7.41. The van der Waals surface area contributed by atoms with Crippen LogP contribution in [0.15, 0.2) is 18.2 Å². The molecule has 0 amide bonds. The summed E-state index contributed by atoms with van der Waals surface area (Å²) in [6.07, 6.45) is 0. The number of hydrogen-bond acceptors (Lipinski definition) is 4. The molecule has 0 fully saturated rings. The highest BCUT2D eigenvalue weighted by Gasteiger charge is 2.18. The number of nitriles is 1. The van der Waals surface area contributed by atoms with Crippen LogP contribution in [0.5, 0.6) is 11.6 Å². The summed E-state index contributed by atoms with van der Waals surface area (Å²) in [7, 11) is 1.79. The van der Waals surface area contributed by atoms with E-state index in [1.807, 2.05) is 26.8 Å². The molecular formula is C15H18N4O. The van der Waals surface area contributed by atoms with Gasteiger partial charge in [-0.15, -0.1) is 0 Å². The predicted octanol–water partition coefficient (Wildman–Crippen LogP) is 3.10. The van der Waals surface area contributed by atoms with Gasteiger partial charge in [-0.25, -0.2) is 4.68 Å². The third-order valence-electron chi connectivity index (χ3n) is 3.13. The van der Waals surface area contributed by atoms with E-state index in [0.29, 0.717) is 22.9 Å². The van der Waals surface area contributed by atoms with Crippen LogP contribution in [-0.4, -0.2) is 9.78 Å². The molecule has 2 rings (SSSR count). The zero-order chi connectivity index (χ0) is 14.9. The van der Waals surface area contributed by atoms with Gasteiger partial charge in [0.05, 0.1) is 17.3 Å². The molecular weight excluding hydrogens is 252 g/mol. The van der Waals surface area contributed by atoms with E-state index in [1.165, 1.54) is 0 Å². The average Bonchev–Trinajstić information content (AvgIpc) is 2.69. The van der Waals surface area contributed by atoms with E-state index in [0.717, 1.165) is 11.3 Å². The van der Waals surface area contributed by atoms with Gasteiger partial charge in [-0.3, -0.25) is 0 Å². The molecule has 0 radical (unpaired) electrons. The fraction of sp³-hybridized carbons (Fsp3) is 0.333. The van der Waals surface area contributed by atoms with Crippen LogP contribution in [0.3, 0.4) is 0 Å². The first-order chi connectivity index (χ1) is 9.43. The molecule has 0 atom stereocenters. The summed E-state index contributed by atoms with van der Waals surface area (Å²) in [5.74, 6) is 1.35. The fourth-order valence-corrected chi connectivity index (χ4v) is 1.98. The number of hydrogen-bond donors (Lipinski definition) is 1. The fourth-order valence-electron chi connectivity index (χ4n) is 1.98. The van der Waals surface area contributed by atoms with Crippen molar-refractivity contribution in [3.63, 3.8) is 0 Å². The molecule has 0 aliphatic heterocycles. The smallest absolute Gasteiger partial charge is 0.241 e. The van der Waals surface area contributed by atoms with Crippen LogP contribution in [-0.2, 0) is 7.05 Å². The van der Waals surface area contributed by atoms with E-state index < -0.39 is 0 Å². The van der Waals surface area contributed by atoms with E-state index in [9.17, 15) is 0 Å². The van der Waals surface area contributed by atoms with E-state index in [-0.39, 0.29) is 5.92 Å². The number of benzene rings is 1. The zero-order valence-corrected chi connectivity index (χ0v) is 12.1. The molecule has 1 aromatic heterocycles. The Bertz CT molecular complexity index is 680. The van der Waals surface area contributed by atoms with Gasteiger partial charge in [0, 0.05) is 7.05 Å². The van der Waals surface area contributed by atoms with Crippen LogP contribution in [0.2, 0.25) is 0 Å². The summed E-state index contributed by atoms with van der Waals surface area (Å²) in [5.41, 5.74) is 8.95. The average molecular weight is 270 g/mol. The number of nitrogen functional groups attached to an aromatic ring is 1. The minimum Gasteiger partial charge on any atom is -0.437 e. The molecule has 0 aliphatic rings. The minimum absolute atomic E-state index is 0.227. The SMILES string of the molecule is Cc1ccc(C#N)cc1Oc1c(N)c(C(C)C)nn1C. The summed E-state index contributed by atoms with van der Waals surface area (Å²) in [6.45, 7) is 5.99. The van der Waals surface area contributed by atoms with Crippen LogP contribution >= 0.6 is 0 Å². The molecule has 0 bridgehead atoms. The number of aromatic nitrogens is 2. The van der Waals surface area contributed by atoms with Crippen molar-refractivity contribution < 1.29 is 4.74 Å². The van der Waals surface area contributed by atoms with Crippen LogP contribution < -0.4 is 10.5 Å². The Morgan fingerprint density at radius 3 is 2.65 bits per heavy atom. The molecule has 5 heteroatoms. The van der Waals surface area contributed by atoms with Crippen molar-refractivity contribution in [3.05, 3.63) is 35.0 Å². The van der Waals surface area contributed by atoms with Gasteiger partial charge in [0.1, 0.15) is 11.4 Å². The maximum atomic E-state index is 8.96. The first-order valence-electron chi connectivity index (χ1n) is 6.45. The molecule has 20 heavy (non-hydrogen) atoms. The van der Waals surface area contributed by atoms with Crippen molar-refractivity contribution in [1.82, 2.24) is 9.78 Å². The maximum absolute atomic E-state index is 8.96. The van der Waals surface area contributed by atoms with Gasteiger partial charge in [-0.05, 0) is 30.5 Å². The summed E-state index contributed by atoms with van der Waals surface area (Å²) in [4.78, 5) is 0. The summed E-state index contributed by atoms with van der Waals surface area (Å²) < 4.78 is 7.50. The monoisotopic (exact) mass is 270 g/mol. The van der Waals surface area contributed by atoms with Gasteiger partial charge in [-0.2, -0.15) is 10.4 Å². The predicted molar refractivity (Wildman–Crippen MR) is 77.7 cm³/mol. The lowest BCUT2D eigenvalue weighted by molar-refractivity contribution is 0.429. The molecule has 5 nitrogen and oxygen atoms in total. The quantitative estimate of drug-likeness (QED) is 0.929. The topological polar surface area (TPSA) is 76.9 Å². The molecule has 0 aliphatic carbocycles. The molecule has 104 valence electrons. The third-order valence-corrected chi connectivity index (χ3v) is 3.13. The molecule has 1 aromatic carbocycles. The van der Waals surface area contributed by atoms with Crippen molar-refractivity contribution in [1.29, 1.82) is 5.26 Å². The second-order valence-corrected chi connectivity index (χ2v) is 5.08. The van der Waals surface area contributed by atoms with Crippen LogP contribution in [0.25, 0.3) is 0 Å². The van der Waals surface area contributed by atoms with Gasteiger partial charge in [0.15, 0.2) is 0 Å². The number of rotatable bonds is 3. The minimum atomic E-state index is 0.227. The molecule has 1 heterocycles. The number of ether oxygens (including phenoxy) is 1. The molecule has 2 N–H and O–H groups in total. The lowest BCUT2D eigenvalue weighted by atomic mass is 10.1. The van der Waals surface area contributed by atoms with Gasteiger partial charge < -0.3 is 10.5 Å². The highest BCUT2D eigenvalue weighted by Crippen LogP contribution is 2.34. The Kier molecular flexibility index (Phi) is 3.66. The van der Waals surface area contributed by atoms with Crippen molar-refractivity contribution in [2.24, 2.45) is 7.05 Å². The highest BCUT2D eigenvalue weighted by atomic mass is 16.5. The largest absolute Gasteiger partial charge is 0.437 e. The van der Waals surface area contributed by atoms with Gasteiger partial charge in [0.25, 0.3) is 0 Å². The second kappa shape index (κ2) is 5.25. The number of nitrogens with two attached hydrogens (primary N) is 1. The lowest BCUT2D eigenvalue weighted by Crippen LogP contribution is -1.98.